The van der Waals surface area contributed by atoms with Crippen LogP contribution in [0, 0.1) is 13.8 Å². The Morgan fingerprint density at radius 2 is 1.65 bits per heavy atom. The molecule has 0 radical (unpaired) electrons. The Bertz CT molecular complexity index is 635. The van der Waals surface area contributed by atoms with E-state index in [-0.39, 0.29) is 24.0 Å². The lowest BCUT2D eigenvalue weighted by molar-refractivity contribution is -0.135. The summed E-state index contributed by atoms with van der Waals surface area (Å²) in [4.78, 5) is 38.5. The molecule has 146 valence electrons. The number of ether oxygens (including phenoxy) is 3. The molecule has 0 atom stereocenters. The van der Waals surface area contributed by atoms with Gasteiger partial charge in [0.15, 0.2) is 6.61 Å². The van der Waals surface area contributed by atoms with Crippen LogP contribution in [0.25, 0.3) is 0 Å². The van der Waals surface area contributed by atoms with Crippen molar-refractivity contribution in [2.75, 3.05) is 52.4 Å². The molecule has 1 heterocycles. The van der Waals surface area contributed by atoms with Gasteiger partial charge < -0.3 is 24.4 Å². The summed E-state index contributed by atoms with van der Waals surface area (Å²) in [6, 6.07) is 0. The third-order valence-electron chi connectivity index (χ3n) is 3.69. The van der Waals surface area contributed by atoms with Crippen LogP contribution in [0.2, 0.25) is 0 Å². The number of thiophene rings is 1. The van der Waals surface area contributed by atoms with E-state index in [0.29, 0.717) is 31.3 Å². The van der Waals surface area contributed by atoms with Crippen molar-refractivity contribution in [2.24, 2.45) is 0 Å². The summed E-state index contributed by atoms with van der Waals surface area (Å²) in [6.45, 7) is 6.11. The smallest absolute Gasteiger partial charge is 0.341 e. The lowest BCUT2D eigenvalue weighted by atomic mass is 10.1. The molecule has 1 N–H and O–H groups in total. The summed E-state index contributed by atoms with van der Waals surface area (Å²) >= 11 is 1.30. The van der Waals surface area contributed by atoms with E-state index in [1.807, 2.05) is 6.92 Å². The average Bonchev–Trinajstić information content (AvgIpc) is 2.85. The molecule has 0 saturated carbocycles. The fraction of sp³-hybridized carbons (Fsp3) is 0.588. The number of nitrogens with zero attached hydrogens (tertiary/aromatic N) is 1. The largest absolute Gasteiger partial charge is 0.452 e. The van der Waals surface area contributed by atoms with Crippen molar-refractivity contribution in [1.82, 2.24) is 4.90 Å². The monoisotopic (exact) mass is 386 g/mol. The first-order valence-electron chi connectivity index (χ1n) is 8.12. The van der Waals surface area contributed by atoms with Gasteiger partial charge in [0.05, 0.1) is 18.8 Å². The number of carbonyl (C=O) groups is 3. The SMILES string of the molecule is COCCN(CCOC)C(=O)COC(=O)c1c(NC(C)=O)sc(C)c1C. The topological polar surface area (TPSA) is 94.2 Å². The minimum Gasteiger partial charge on any atom is -0.452 e. The number of aryl methyl sites for hydroxylation is 1. The van der Waals surface area contributed by atoms with E-state index in [1.165, 1.54) is 23.2 Å². The summed E-state index contributed by atoms with van der Waals surface area (Å²) in [5.41, 5.74) is 1.02. The highest BCUT2D eigenvalue weighted by Crippen LogP contribution is 2.32. The van der Waals surface area contributed by atoms with Crippen molar-refractivity contribution in [3.05, 3.63) is 16.0 Å². The van der Waals surface area contributed by atoms with Gasteiger partial charge in [-0.25, -0.2) is 4.79 Å². The Balaban J connectivity index is 2.78. The van der Waals surface area contributed by atoms with E-state index in [4.69, 9.17) is 14.2 Å². The molecular weight excluding hydrogens is 360 g/mol. The molecular formula is C17H26N2O6S. The molecule has 0 unspecified atom stereocenters. The standard InChI is InChI=1S/C17H26N2O6S/c1-11-12(2)26-16(18-13(3)20)15(11)17(22)25-10-14(21)19(6-8-23-4)7-9-24-5/h6-10H2,1-5H3,(H,18,20). The molecule has 2 amide bonds. The number of anilines is 1. The van der Waals surface area contributed by atoms with Crippen molar-refractivity contribution in [3.63, 3.8) is 0 Å². The number of hydrogen-bond acceptors (Lipinski definition) is 7. The van der Waals surface area contributed by atoms with Gasteiger partial charge in [0.25, 0.3) is 5.91 Å². The van der Waals surface area contributed by atoms with Gasteiger partial charge in [0, 0.05) is 39.1 Å². The molecule has 0 aliphatic rings. The first-order chi connectivity index (χ1) is 12.3. The minimum atomic E-state index is -0.637. The fourth-order valence-electron chi connectivity index (χ4n) is 2.18. The van der Waals surface area contributed by atoms with Gasteiger partial charge >= 0.3 is 5.97 Å². The number of rotatable bonds is 10. The van der Waals surface area contributed by atoms with Crippen LogP contribution in [0.1, 0.15) is 27.7 Å². The van der Waals surface area contributed by atoms with Gasteiger partial charge in [-0.3, -0.25) is 9.59 Å². The maximum absolute atomic E-state index is 12.4. The predicted molar refractivity (Wildman–Crippen MR) is 98.7 cm³/mol. The first-order valence-corrected chi connectivity index (χ1v) is 8.93. The Morgan fingerprint density at radius 1 is 1.08 bits per heavy atom. The molecule has 1 aromatic heterocycles. The van der Waals surface area contributed by atoms with E-state index < -0.39 is 5.97 Å². The van der Waals surface area contributed by atoms with Crippen molar-refractivity contribution in [1.29, 1.82) is 0 Å². The van der Waals surface area contributed by atoms with Gasteiger partial charge in [-0.15, -0.1) is 11.3 Å². The van der Waals surface area contributed by atoms with Gasteiger partial charge in [-0.05, 0) is 19.4 Å². The van der Waals surface area contributed by atoms with Crippen molar-refractivity contribution in [2.45, 2.75) is 20.8 Å². The fourth-order valence-corrected chi connectivity index (χ4v) is 3.27. The Morgan fingerprint density at radius 3 is 2.15 bits per heavy atom. The summed E-state index contributed by atoms with van der Waals surface area (Å²) in [5.74, 6) is -1.25. The van der Waals surface area contributed by atoms with Crippen molar-refractivity contribution >= 4 is 34.1 Å². The molecule has 0 bridgehead atoms. The van der Waals surface area contributed by atoms with E-state index in [9.17, 15) is 14.4 Å². The molecule has 0 spiro atoms. The molecule has 8 nitrogen and oxygen atoms in total. The molecule has 0 aliphatic carbocycles. The van der Waals surface area contributed by atoms with E-state index in [0.717, 1.165) is 10.4 Å². The van der Waals surface area contributed by atoms with Gasteiger partial charge in [0.2, 0.25) is 5.91 Å². The molecule has 0 fully saturated rings. The number of carbonyl (C=O) groups excluding carboxylic acids is 3. The second kappa shape index (κ2) is 10.9. The van der Waals surface area contributed by atoms with E-state index in [2.05, 4.69) is 5.32 Å². The number of hydrogen-bond donors (Lipinski definition) is 1. The molecule has 0 saturated heterocycles. The quantitative estimate of drug-likeness (QED) is 0.614. The van der Waals surface area contributed by atoms with Crippen LogP contribution in [0.15, 0.2) is 0 Å². The van der Waals surface area contributed by atoms with Crippen LogP contribution in [-0.2, 0) is 23.8 Å². The Hall–Kier alpha value is -1.97. The van der Waals surface area contributed by atoms with Crippen molar-refractivity contribution in [3.8, 4) is 0 Å². The summed E-state index contributed by atoms with van der Waals surface area (Å²) in [6.07, 6.45) is 0. The maximum atomic E-state index is 12.4. The first kappa shape index (κ1) is 22.1. The van der Waals surface area contributed by atoms with Gasteiger partial charge in [-0.1, -0.05) is 0 Å². The maximum Gasteiger partial charge on any atom is 0.341 e. The highest BCUT2D eigenvalue weighted by atomic mass is 32.1. The zero-order valence-corrected chi connectivity index (χ0v) is 16.7. The Kier molecular flexibility index (Phi) is 9.25. The molecule has 26 heavy (non-hydrogen) atoms. The zero-order valence-electron chi connectivity index (χ0n) is 15.8. The highest BCUT2D eigenvalue weighted by Gasteiger charge is 2.23. The summed E-state index contributed by atoms with van der Waals surface area (Å²) in [7, 11) is 3.09. The molecule has 0 aromatic carbocycles. The Labute approximate surface area is 157 Å². The van der Waals surface area contributed by atoms with Crippen LogP contribution in [-0.4, -0.2) is 69.8 Å². The van der Waals surface area contributed by atoms with Crippen LogP contribution >= 0.6 is 11.3 Å². The lowest BCUT2D eigenvalue weighted by Gasteiger charge is -2.21. The van der Waals surface area contributed by atoms with Crippen LogP contribution in [0.3, 0.4) is 0 Å². The normalized spacial score (nSPS) is 10.5. The van der Waals surface area contributed by atoms with E-state index >= 15 is 0 Å². The highest BCUT2D eigenvalue weighted by molar-refractivity contribution is 7.16. The minimum absolute atomic E-state index is 0.276. The van der Waals surface area contributed by atoms with Crippen LogP contribution < -0.4 is 5.32 Å². The van der Waals surface area contributed by atoms with Gasteiger partial charge in [0.1, 0.15) is 5.00 Å². The van der Waals surface area contributed by atoms with Crippen LogP contribution in [0.5, 0.6) is 0 Å². The van der Waals surface area contributed by atoms with Crippen LogP contribution in [0.4, 0.5) is 5.00 Å². The predicted octanol–water partition coefficient (Wildman–Crippen LogP) is 1.60. The zero-order chi connectivity index (χ0) is 19.7. The number of amides is 2. The third-order valence-corrected chi connectivity index (χ3v) is 4.81. The second-order valence-electron chi connectivity index (χ2n) is 5.61. The second-order valence-corrected chi connectivity index (χ2v) is 6.84. The number of nitrogens with one attached hydrogen (secondary N) is 1. The lowest BCUT2D eigenvalue weighted by Crippen LogP contribution is -2.39. The third kappa shape index (κ3) is 6.40. The molecule has 1 aromatic rings. The number of esters is 1. The van der Waals surface area contributed by atoms with E-state index in [1.54, 1.807) is 21.1 Å². The number of methoxy groups -OCH3 is 2. The molecule has 0 aliphatic heterocycles. The molecule has 9 heteroatoms. The van der Waals surface area contributed by atoms with Gasteiger partial charge in [-0.2, -0.15) is 0 Å². The average molecular weight is 386 g/mol. The summed E-state index contributed by atoms with van der Waals surface area (Å²) in [5, 5.41) is 3.06. The van der Waals surface area contributed by atoms with Crippen molar-refractivity contribution < 1.29 is 28.6 Å². The summed E-state index contributed by atoms with van der Waals surface area (Å²) < 4.78 is 15.2. The molecule has 1 rings (SSSR count).